The number of halogens is 1. The van der Waals surface area contributed by atoms with E-state index in [1.165, 1.54) is 0 Å². The standard InChI is InChI=1S/C21H18ClN5O/c22-17-7-3-1-5-14(17)12-24-19-9-10-20(27-26-19)25-21(28)11-15-13-23-18-8-4-2-6-16(15)18/h1-10,13,23H,11-12H2,(H,24,26)(H,25,27,28). The molecule has 0 fully saturated rings. The smallest absolute Gasteiger partial charge is 0.230 e. The Labute approximate surface area is 167 Å². The van der Waals surface area contributed by atoms with Crippen LogP contribution in [0.2, 0.25) is 5.02 Å². The second-order valence-electron chi connectivity index (χ2n) is 6.33. The number of amides is 1. The second-order valence-corrected chi connectivity index (χ2v) is 6.74. The number of rotatable bonds is 6. The molecule has 0 spiro atoms. The summed E-state index contributed by atoms with van der Waals surface area (Å²) in [6.07, 6.45) is 2.12. The fourth-order valence-electron chi connectivity index (χ4n) is 2.96. The van der Waals surface area contributed by atoms with E-state index in [0.717, 1.165) is 22.0 Å². The Kier molecular flexibility index (Phi) is 5.21. The van der Waals surface area contributed by atoms with Crippen molar-refractivity contribution < 1.29 is 4.79 Å². The van der Waals surface area contributed by atoms with Crippen LogP contribution in [0.4, 0.5) is 11.6 Å². The van der Waals surface area contributed by atoms with Gasteiger partial charge in [-0.25, -0.2) is 0 Å². The van der Waals surface area contributed by atoms with Crippen LogP contribution in [0, 0.1) is 0 Å². The van der Waals surface area contributed by atoms with Gasteiger partial charge in [-0.05, 0) is 35.4 Å². The van der Waals surface area contributed by atoms with Crippen LogP contribution < -0.4 is 10.6 Å². The van der Waals surface area contributed by atoms with Gasteiger partial charge in [-0.2, -0.15) is 0 Å². The number of nitrogens with zero attached hydrogens (tertiary/aromatic N) is 2. The summed E-state index contributed by atoms with van der Waals surface area (Å²) in [7, 11) is 0. The highest BCUT2D eigenvalue weighted by Crippen LogP contribution is 2.19. The lowest BCUT2D eigenvalue weighted by atomic mass is 10.1. The van der Waals surface area contributed by atoms with Crippen LogP contribution in [0.5, 0.6) is 0 Å². The van der Waals surface area contributed by atoms with Gasteiger partial charge in [0.15, 0.2) is 5.82 Å². The first kappa shape index (κ1) is 18.0. The van der Waals surface area contributed by atoms with Crippen LogP contribution in [0.1, 0.15) is 11.1 Å². The number of aromatic nitrogens is 3. The summed E-state index contributed by atoms with van der Waals surface area (Å²) >= 11 is 6.14. The molecule has 1 amide bonds. The van der Waals surface area contributed by atoms with Gasteiger partial charge in [-0.1, -0.05) is 48.0 Å². The number of anilines is 2. The van der Waals surface area contributed by atoms with E-state index in [9.17, 15) is 4.79 Å². The molecule has 0 saturated heterocycles. The topological polar surface area (TPSA) is 82.7 Å². The molecule has 0 bridgehead atoms. The minimum absolute atomic E-state index is 0.143. The molecule has 28 heavy (non-hydrogen) atoms. The summed E-state index contributed by atoms with van der Waals surface area (Å²) in [6, 6.07) is 19.0. The van der Waals surface area contributed by atoms with Crippen molar-refractivity contribution in [2.24, 2.45) is 0 Å². The number of benzene rings is 2. The number of fused-ring (bicyclic) bond motifs is 1. The molecule has 2 heterocycles. The van der Waals surface area contributed by atoms with E-state index in [0.29, 0.717) is 23.2 Å². The Morgan fingerprint density at radius 3 is 2.50 bits per heavy atom. The summed E-state index contributed by atoms with van der Waals surface area (Å²) in [5, 5.41) is 15.8. The number of carbonyl (C=O) groups excluding carboxylic acids is 1. The zero-order chi connectivity index (χ0) is 19.3. The van der Waals surface area contributed by atoms with Crippen LogP contribution in [0.25, 0.3) is 10.9 Å². The van der Waals surface area contributed by atoms with Crippen molar-refractivity contribution in [2.75, 3.05) is 10.6 Å². The molecule has 0 aliphatic heterocycles. The highest BCUT2D eigenvalue weighted by atomic mass is 35.5. The van der Waals surface area contributed by atoms with Crippen molar-refractivity contribution in [1.82, 2.24) is 15.2 Å². The quantitative estimate of drug-likeness (QED) is 0.454. The van der Waals surface area contributed by atoms with Crippen molar-refractivity contribution in [3.63, 3.8) is 0 Å². The van der Waals surface area contributed by atoms with E-state index in [-0.39, 0.29) is 12.3 Å². The second kappa shape index (κ2) is 8.10. The zero-order valence-corrected chi connectivity index (χ0v) is 15.7. The van der Waals surface area contributed by atoms with Gasteiger partial charge >= 0.3 is 0 Å². The SMILES string of the molecule is O=C(Cc1c[nH]c2ccccc12)Nc1ccc(NCc2ccccc2Cl)nn1. The number of nitrogens with one attached hydrogen (secondary N) is 3. The first-order valence-electron chi connectivity index (χ1n) is 8.85. The number of aromatic amines is 1. The van der Waals surface area contributed by atoms with Gasteiger partial charge in [0.1, 0.15) is 5.82 Å². The number of para-hydroxylation sites is 1. The van der Waals surface area contributed by atoms with Crippen molar-refractivity contribution in [3.05, 3.63) is 83.0 Å². The van der Waals surface area contributed by atoms with E-state index in [2.05, 4.69) is 25.8 Å². The van der Waals surface area contributed by atoms with Gasteiger partial charge < -0.3 is 15.6 Å². The molecule has 3 N–H and O–H groups in total. The normalized spacial score (nSPS) is 10.8. The molecule has 0 unspecified atom stereocenters. The van der Waals surface area contributed by atoms with Crippen LogP contribution in [0.15, 0.2) is 66.9 Å². The summed E-state index contributed by atoms with van der Waals surface area (Å²) in [4.78, 5) is 15.5. The number of hydrogen-bond donors (Lipinski definition) is 3. The lowest BCUT2D eigenvalue weighted by molar-refractivity contribution is -0.115. The predicted octanol–water partition coefficient (Wildman–Crippen LogP) is 4.40. The lowest BCUT2D eigenvalue weighted by Gasteiger charge is -2.08. The molecular formula is C21H18ClN5O. The maximum atomic E-state index is 12.3. The largest absolute Gasteiger partial charge is 0.364 e. The van der Waals surface area contributed by atoms with Gasteiger partial charge in [0.2, 0.25) is 5.91 Å². The van der Waals surface area contributed by atoms with Gasteiger partial charge in [0.25, 0.3) is 0 Å². The number of H-pyrrole nitrogens is 1. The van der Waals surface area contributed by atoms with Gasteiger partial charge in [0.05, 0.1) is 6.42 Å². The third-order valence-electron chi connectivity index (χ3n) is 4.38. The molecule has 0 saturated carbocycles. The lowest BCUT2D eigenvalue weighted by Crippen LogP contribution is -2.15. The summed E-state index contributed by atoms with van der Waals surface area (Å²) in [6.45, 7) is 0.542. The van der Waals surface area contributed by atoms with E-state index < -0.39 is 0 Å². The highest BCUT2D eigenvalue weighted by molar-refractivity contribution is 6.31. The first-order chi connectivity index (χ1) is 13.7. The minimum atomic E-state index is -0.143. The Balaban J connectivity index is 1.35. The average Bonchev–Trinajstić information content (AvgIpc) is 3.11. The Bertz CT molecular complexity index is 1110. The molecule has 6 nitrogen and oxygen atoms in total. The van der Waals surface area contributed by atoms with Gasteiger partial charge in [-0.15, -0.1) is 10.2 Å². The van der Waals surface area contributed by atoms with Crippen LogP contribution in [-0.2, 0) is 17.8 Å². The molecule has 0 aliphatic rings. The maximum absolute atomic E-state index is 12.3. The third kappa shape index (κ3) is 4.13. The molecule has 4 rings (SSSR count). The van der Waals surface area contributed by atoms with E-state index in [1.54, 1.807) is 12.1 Å². The molecule has 0 radical (unpaired) electrons. The highest BCUT2D eigenvalue weighted by Gasteiger charge is 2.10. The molecule has 2 aromatic heterocycles. The van der Waals surface area contributed by atoms with Crippen LogP contribution in [-0.4, -0.2) is 21.1 Å². The monoisotopic (exact) mass is 391 g/mol. The maximum Gasteiger partial charge on any atom is 0.230 e. The summed E-state index contributed by atoms with van der Waals surface area (Å²) in [5.74, 6) is 0.874. The fraction of sp³-hybridized carbons (Fsp3) is 0.0952. The van der Waals surface area contributed by atoms with Crippen LogP contribution in [0.3, 0.4) is 0 Å². The van der Waals surface area contributed by atoms with Gasteiger partial charge in [0, 0.05) is 28.7 Å². The van der Waals surface area contributed by atoms with E-state index in [1.807, 2.05) is 54.7 Å². The third-order valence-corrected chi connectivity index (χ3v) is 4.74. The number of carbonyl (C=O) groups is 1. The van der Waals surface area contributed by atoms with Crippen molar-refractivity contribution in [2.45, 2.75) is 13.0 Å². The zero-order valence-electron chi connectivity index (χ0n) is 14.9. The molecule has 0 aliphatic carbocycles. The van der Waals surface area contributed by atoms with Crippen LogP contribution >= 0.6 is 11.6 Å². The Morgan fingerprint density at radius 1 is 0.929 bits per heavy atom. The molecule has 7 heteroatoms. The fourth-order valence-corrected chi connectivity index (χ4v) is 3.16. The van der Waals surface area contributed by atoms with Crippen molar-refractivity contribution in [3.8, 4) is 0 Å². The molecule has 0 atom stereocenters. The summed E-state index contributed by atoms with van der Waals surface area (Å²) in [5.41, 5.74) is 2.93. The molecule has 4 aromatic rings. The Morgan fingerprint density at radius 2 is 1.68 bits per heavy atom. The summed E-state index contributed by atoms with van der Waals surface area (Å²) < 4.78 is 0. The Hall–Kier alpha value is -3.38. The average molecular weight is 392 g/mol. The first-order valence-corrected chi connectivity index (χ1v) is 9.23. The van der Waals surface area contributed by atoms with Crippen molar-refractivity contribution >= 4 is 40.0 Å². The molecule has 2 aromatic carbocycles. The predicted molar refractivity (Wildman–Crippen MR) is 111 cm³/mol. The van der Waals surface area contributed by atoms with E-state index >= 15 is 0 Å². The molecule has 140 valence electrons. The molecular weight excluding hydrogens is 374 g/mol. The minimum Gasteiger partial charge on any atom is -0.364 e. The number of hydrogen-bond acceptors (Lipinski definition) is 4. The van der Waals surface area contributed by atoms with E-state index in [4.69, 9.17) is 11.6 Å². The van der Waals surface area contributed by atoms with Crippen molar-refractivity contribution in [1.29, 1.82) is 0 Å². The van der Waals surface area contributed by atoms with Gasteiger partial charge in [-0.3, -0.25) is 4.79 Å².